The molecule has 1 N–H and O–H groups in total. The number of hydrogen-bond acceptors (Lipinski definition) is 5. The largest absolute Gasteiger partial charge is 0.496 e. The number of benzene rings is 1. The fourth-order valence-corrected chi connectivity index (χ4v) is 2.68. The van der Waals surface area contributed by atoms with Crippen LogP contribution in [0.15, 0.2) is 23.4 Å². The van der Waals surface area contributed by atoms with Crippen molar-refractivity contribution in [1.29, 1.82) is 0 Å². The molecule has 2 aromatic rings. The lowest BCUT2D eigenvalue weighted by Gasteiger charge is -2.12. The number of rotatable bonds is 4. The van der Waals surface area contributed by atoms with Gasteiger partial charge >= 0.3 is 0 Å². The maximum Gasteiger partial charge on any atom is 0.185 e. The van der Waals surface area contributed by atoms with Crippen molar-refractivity contribution in [3.8, 4) is 5.75 Å². The monoisotopic (exact) mass is 309 g/mol. The first-order chi connectivity index (χ1) is 9.52. The van der Waals surface area contributed by atoms with E-state index in [2.05, 4.69) is 15.5 Å². The van der Waals surface area contributed by atoms with Crippen molar-refractivity contribution in [1.82, 2.24) is 4.98 Å². The normalized spacial score (nSPS) is 11.6. The van der Waals surface area contributed by atoms with Crippen LogP contribution in [0.5, 0.6) is 5.75 Å². The van der Waals surface area contributed by atoms with Crippen molar-refractivity contribution in [2.24, 2.45) is 5.10 Å². The van der Waals surface area contributed by atoms with E-state index in [1.54, 1.807) is 13.3 Å². The minimum Gasteiger partial charge on any atom is -0.496 e. The van der Waals surface area contributed by atoms with Gasteiger partial charge in [0, 0.05) is 16.6 Å². The van der Waals surface area contributed by atoms with Gasteiger partial charge in [-0.05, 0) is 32.4 Å². The number of halogens is 1. The highest BCUT2D eigenvalue weighted by Crippen LogP contribution is 2.29. The number of nitrogens with zero attached hydrogens (tertiary/aromatic N) is 2. The van der Waals surface area contributed by atoms with Gasteiger partial charge in [0.2, 0.25) is 0 Å². The molecule has 1 heterocycles. The second kappa shape index (κ2) is 6.24. The van der Waals surface area contributed by atoms with E-state index in [4.69, 9.17) is 16.3 Å². The molecule has 20 heavy (non-hydrogen) atoms. The first-order valence-corrected chi connectivity index (χ1v) is 7.28. The summed E-state index contributed by atoms with van der Waals surface area (Å²) < 4.78 is 5.30. The summed E-state index contributed by atoms with van der Waals surface area (Å²) in [5, 5.41) is 5.25. The van der Waals surface area contributed by atoms with Gasteiger partial charge in [0.15, 0.2) is 10.2 Å². The smallest absolute Gasteiger partial charge is 0.185 e. The second-order valence-electron chi connectivity index (χ2n) is 4.38. The number of aromatic nitrogens is 1. The fraction of sp³-hybridized carbons (Fsp3) is 0.286. The van der Waals surface area contributed by atoms with Crippen LogP contribution in [-0.2, 0) is 0 Å². The number of hydrazone groups is 1. The molecule has 4 nitrogen and oxygen atoms in total. The van der Waals surface area contributed by atoms with E-state index in [1.165, 1.54) is 11.3 Å². The molecule has 0 bridgehead atoms. The molecule has 0 saturated heterocycles. The third-order valence-corrected chi connectivity index (χ3v) is 4.20. The van der Waals surface area contributed by atoms with Gasteiger partial charge in [0.1, 0.15) is 5.75 Å². The number of anilines is 1. The van der Waals surface area contributed by atoms with Gasteiger partial charge in [0.05, 0.1) is 12.8 Å². The number of aryl methyl sites for hydroxylation is 2. The molecule has 0 aliphatic carbocycles. The van der Waals surface area contributed by atoms with Crippen molar-refractivity contribution in [3.05, 3.63) is 39.3 Å². The number of methoxy groups -OCH3 is 1. The van der Waals surface area contributed by atoms with Gasteiger partial charge in [-0.2, -0.15) is 5.10 Å². The van der Waals surface area contributed by atoms with E-state index in [0.717, 1.165) is 27.4 Å². The van der Waals surface area contributed by atoms with Crippen LogP contribution in [-0.4, -0.2) is 17.3 Å². The summed E-state index contributed by atoms with van der Waals surface area (Å²) in [6.45, 7) is 5.96. The van der Waals surface area contributed by atoms with Gasteiger partial charge in [-0.1, -0.05) is 17.7 Å². The molecule has 0 fully saturated rings. The third kappa shape index (κ3) is 3.11. The average Bonchev–Trinajstić information content (AvgIpc) is 2.85. The number of thiazole rings is 1. The minimum atomic E-state index is 0.352. The van der Waals surface area contributed by atoms with Crippen LogP contribution < -0.4 is 10.2 Å². The van der Waals surface area contributed by atoms with Crippen molar-refractivity contribution in [3.63, 3.8) is 0 Å². The molecule has 1 aromatic carbocycles. The zero-order valence-electron chi connectivity index (χ0n) is 11.8. The topological polar surface area (TPSA) is 46.5 Å². The summed E-state index contributed by atoms with van der Waals surface area (Å²) in [5.74, 6) is 0.814. The molecule has 6 heteroatoms. The SMILES string of the molecule is COc1ccc(C)c(N/N=C(\Cl)c2ncc(C)s2)c1C. The van der Waals surface area contributed by atoms with E-state index in [0.29, 0.717) is 10.2 Å². The molecule has 0 atom stereocenters. The van der Waals surface area contributed by atoms with Crippen LogP contribution in [0.3, 0.4) is 0 Å². The molecule has 0 radical (unpaired) electrons. The molecular weight excluding hydrogens is 294 g/mol. The van der Waals surface area contributed by atoms with Crippen LogP contribution in [0.2, 0.25) is 0 Å². The zero-order chi connectivity index (χ0) is 14.7. The quantitative estimate of drug-likeness (QED) is 0.683. The van der Waals surface area contributed by atoms with Crippen LogP contribution in [0.4, 0.5) is 5.69 Å². The molecular formula is C14H16ClN3OS. The number of hydrogen-bond donors (Lipinski definition) is 1. The van der Waals surface area contributed by atoms with Crippen molar-refractivity contribution in [2.45, 2.75) is 20.8 Å². The summed E-state index contributed by atoms with van der Waals surface area (Å²) in [6, 6.07) is 3.91. The Kier molecular flexibility index (Phi) is 4.62. The first-order valence-electron chi connectivity index (χ1n) is 6.09. The highest BCUT2D eigenvalue weighted by molar-refractivity contribution is 7.15. The van der Waals surface area contributed by atoms with Gasteiger partial charge in [0.25, 0.3) is 0 Å². The van der Waals surface area contributed by atoms with Gasteiger partial charge in [-0.15, -0.1) is 11.3 Å². The lowest BCUT2D eigenvalue weighted by Crippen LogP contribution is -2.01. The zero-order valence-corrected chi connectivity index (χ0v) is 13.4. The molecule has 1 aromatic heterocycles. The summed E-state index contributed by atoms with van der Waals surface area (Å²) in [4.78, 5) is 5.30. The lowest BCUT2D eigenvalue weighted by atomic mass is 10.1. The highest BCUT2D eigenvalue weighted by atomic mass is 35.5. The van der Waals surface area contributed by atoms with E-state index in [9.17, 15) is 0 Å². The Bertz CT molecular complexity index is 652. The van der Waals surface area contributed by atoms with Crippen molar-refractivity contribution in [2.75, 3.05) is 12.5 Å². The molecule has 0 saturated carbocycles. The standard InChI is InChI=1S/C14H16ClN3OS/c1-8-5-6-11(19-4)10(3)12(8)17-18-13(15)14-16-7-9(2)20-14/h5-7,17H,1-4H3/b18-13-. The van der Waals surface area contributed by atoms with E-state index in [1.807, 2.05) is 32.9 Å². The molecule has 0 aliphatic heterocycles. The Balaban J connectivity index is 2.26. The fourth-order valence-electron chi connectivity index (χ4n) is 1.82. The van der Waals surface area contributed by atoms with Crippen LogP contribution >= 0.6 is 22.9 Å². The average molecular weight is 310 g/mol. The molecule has 0 unspecified atom stereocenters. The molecule has 106 valence electrons. The maximum absolute atomic E-state index is 6.15. The Labute approximate surface area is 127 Å². The van der Waals surface area contributed by atoms with Crippen LogP contribution in [0.1, 0.15) is 21.0 Å². The maximum atomic E-state index is 6.15. The summed E-state index contributed by atoms with van der Waals surface area (Å²) in [7, 11) is 1.65. The van der Waals surface area contributed by atoms with Crippen molar-refractivity contribution < 1.29 is 4.74 Å². The van der Waals surface area contributed by atoms with E-state index < -0.39 is 0 Å². The predicted octanol–water partition coefficient (Wildman–Crippen LogP) is 4.09. The Hall–Kier alpha value is -1.59. The molecule has 0 amide bonds. The van der Waals surface area contributed by atoms with Gasteiger partial charge < -0.3 is 4.74 Å². The van der Waals surface area contributed by atoms with Crippen LogP contribution in [0.25, 0.3) is 0 Å². The third-order valence-electron chi connectivity index (χ3n) is 2.91. The van der Waals surface area contributed by atoms with Crippen molar-refractivity contribution >= 4 is 33.8 Å². The number of ether oxygens (including phenoxy) is 1. The minimum absolute atomic E-state index is 0.352. The van der Waals surface area contributed by atoms with Crippen LogP contribution in [0, 0.1) is 20.8 Å². The lowest BCUT2D eigenvalue weighted by molar-refractivity contribution is 0.412. The Morgan fingerprint density at radius 1 is 1.35 bits per heavy atom. The van der Waals surface area contributed by atoms with Gasteiger partial charge in [-0.25, -0.2) is 4.98 Å². The summed E-state index contributed by atoms with van der Waals surface area (Å²) >= 11 is 7.66. The van der Waals surface area contributed by atoms with E-state index >= 15 is 0 Å². The molecule has 0 spiro atoms. The summed E-state index contributed by atoms with van der Waals surface area (Å²) in [6.07, 6.45) is 1.78. The Morgan fingerprint density at radius 2 is 2.10 bits per heavy atom. The Morgan fingerprint density at radius 3 is 2.70 bits per heavy atom. The predicted molar refractivity (Wildman–Crippen MR) is 85.3 cm³/mol. The molecule has 0 aliphatic rings. The highest BCUT2D eigenvalue weighted by Gasteiger charge is 2.09. The number of nitrogens with one attached hydrogen (secondary N) is 1. The first kappa shape index (κ1) is 14.8. The second-order valence-corrected chi connectivity index (χ2v) is 5.97. The molecule has 2 rings (SSSR count). The summed E-state index contributed by atoms with van der Waals surface area (Å²) in [5.41, 5.74) is 5.98. The van der Waals surface area contributed by atoms with E-state index in [-0.39, 0.29) is 0 Å². The van der Waals surface area contributed by atoms with Gasteiger partial charge in [-0.3, -0.25) is 5.43 Å².